The Morgan fingerprint density at radius 2 is 1.20 bits per heavy atom. The maximum atomic E-state index is 6.75. The van der Waals surface area contributed by atoms with Crippen LogP contribution in [0, 0.1) is 5.92 Å². The minimum absolute atomic E-state index is 0.0206. The third-order valence-electron chi connectivity index (χ3n) is 8.12. The van der Waals surface area contributed by atoms with Crippen molar-refractivity contribution in [3.05, 3.63) is 108 Å². The van der Waals surface area contributed by atoms with Crippen LogP contribution in [-0.2, 0) is 48.3 Å². The van der Waals surface area contributed by atoms with E-state index in [-0.39, 0.29) is 36.4 Å². The predicted molar refractivity (Wildman–Crippen MR) is 150 cm³/mol. The smallest absolute Gasteiger partial charge is 0.164 e. The molecule has 0 radical (unpaired) electrons. The molecule has 2 unspecified atom stereocenters. The van der Waals surface area contributed by atoms with E-state index in [0.717, 1.165) is 11.1 Å². The molecule has 0 amide bonds. The van der Waals surface area contributed by atoms with E-state index in [4.69, 9.17) is 28.5 Å². The number of hydrogen-bond acceptors (Lipinski definition) is 7. The van der Waals surface area contributed by atoms with Crippen molar-refractivity contribution >= 4 is 0 Å². The van der Waals surface area contributed by atoms with Gasteiger partial charge in [-0.05, 0) is 30.5 Å². The molecule has 3 fully saturated rings. The summed E-state index contributed by atoms with van der Waals surface area (Å²) in [6.07, 6.45) is -1.77. The molecule has 0 bridgehead atoms. The first kappa shape index (κ1) is 27.5. The van der Waals surface area contributed by atoms with Gasteiger partial charge in [0, 0.05) is 19.6 Å². The van der Waals surface area contributed by atoms with Crippen molar-refractivity contribution in [3.63, 3.8) is 0 Å². The van der Waals surface area contributed by atoms with E-state index in [1.807, 2.05) is 56.3 Å². The number of benzene rings is 3. The van der Waals surface area contributed by atoms with Crippen molar-refractivity contribution in [2.24, 2.45) is 5.92 Å². The van der Waals surface area contributed by atoms with Gasteiger partial charge < -0.3 is 23.7 Å². The van der Waals surface area contributed by atoms with E-state index in [2.05, 4.69) is 53.6 Å². The lowest BCUT2D eigenvalue weighted by atomic mass is 9.90. The molecule has 2 aliphatic heterocycles. The molecule has 7 atom stereocenters. The maximum Gasteiger partial charge on any atom is 0.164 e. The number of methoxy groups -OCH3 is 1. The van der Waals surface area contributed by atoms with Gasteiger partial charge in [-0.1, -0.05) is 91.0 Å². The van der Waals surface area contributed by atoms with E-state index >= 15 is 0 Å². The lowest BCUT2D eigenvalue weighted by Crippen LogP contribution is -2.52. The molecular weight excluding hydrogens is 506 g/mol. The maximum absolute atomic E-state index is 6.75. The van der Waals surface area contributed by atoms with Gasteiger partial charge in [-0.25, -0.2) is 0 Å². The number of fused-ring (bicyclic) bond motifs is 2. The zero-order valence-corrected chi connectivity index (χ0v) is 23.4. The molecule has 6 rings (SSSR count). The van der Waals surface area contributed by atoms with Gasteiger partial charge in [0.2, 0.25) is 0 Å². The Kier molecular flexibility index (Phi) is 8.32. The molecule has 1 aliphatic carbocycles. The Labute approximate surface area is 236 Å². The molecule has 40 heavy (non-hydrogen) atoms. The van der Waals surface area contributed by atoms with Crippen LogP contribution < -0.4 is 0 Å². The fourth-order valence-corrected chi connectivity index (χ4v) is 6.36. The van der Waals surface area contributed by atoms with Crippen LogP contribution in [0.4, 0.5) is 0 Å². The van der Waals surface area contributed by atoms with Gasteiger partial charge >= 0.3 is 0 Å². The Morgan fingerprint density at radius 1 is 0.700 bits per heavy atom. The van der Waals surface area contributed by atoms with Gasteiger partial charge in [-0.3, -0.25) is 4.84 Å². The Balaban J connectivity index is 1.35. The first-order valence-electron chi connectivity index (χ1n) is 14.2. The van der Waals surface area contributed by atoms with Crippen molar-refractivity contribution in [2.45, 2.75) is 76.0 Å². The summed E-state index contributed by atoms with van der Waals surface area (Å²) in [5.41, 5.74) is 3.37. The van der Waals surface area contributed by atoms with Gasteiger partial charge in [-0.2, -0.15) is 5.06 Å². The normalized spacial score (nSPS) is 31.4. The number of nitrogens with zero attached hydrogens (tertiary/aromatic N) is 1. The van der Waals surface area contributed by atoms with Crippen molar-refractivity contribution in [3.8, 4) is 0 Å². The second-order valence-corrected chi connectivity index (χ2v) is 11.3. The second-order valence-electron chi connectivity index (χ2n) is 11.3. The van der Waals surface area contributed by atoms with Crippen LogP contribution in [0.25, 0.3) is 0 Å². The highest BCUT2D eigenvalue weighted by atomic mass is 16.8. The average molecular weight is 546 g/mol. The molecule has 0 N–H and O–H groups in total. The van der Waals surface area contributed by atoms with Crippen LogP contribution in [0.2, 0.25) is 0 Å². The summed E-state index contributed by atoms with van der Waals surface area (Å²) in [7, 11) is 1.75. The van der Waals surface area contributed by atoms with Crippen molar-refractivity contribution in [2.75, 3.05) is 13.7 Å². The Bertz CT molecular complexity index is 1200. The Hall–Kier alpha value is -2.62. The van der Waals surface area contributed by atoms with Crippen LogP contribution >= 0.6 is 0 Å². The number of ether oxygens (including phenoxy) is 5. The molecule has 3 aromatic carbocycles. The summed E-state index contributed by atoms with van der Waals surface area (Å²) < 4.78 is 33.0. The summed E-state index contributed by atoms with van der Waals surface area (Å²) >= 11 is 0. The van der Waals surface area contributed by atoms with Gasteiger partial charge in [0.15, 0.2) is 5.79 Å². The molecule has 3 aliphatic rings. The first-order valence-corrected chi connectivity index (χ1v) is 14.2. The SMILES string of the molecule is CO[C@@H]1C2C(CON2Cc2ccccc2)[C@@H](OCc2ccccc2)[C@H]2OC(C)(C)O[C@H]2[C@@H]1OCc1ccccc1. The van der Waals surface area contributed by atoms with Crippen LogP contribution in [0.5, 0.6) is 0 Å². The molecule has 7 heteroatoms. The number of rotatable bonds is 9. The van der Waals surface area contributed by atoms with Crippen molar-refractivity contribution in [1.82, 2.24) is 5.06 Å². The minimum atomic E-state index is -0.785. The molecule has 1 saturated carbocycles. The van der Waals surface area contributed by atoms with E-state index in [0.29, 0.717) is 26.4 Å². The quantitative estimate of drug-likeness (QED) is 0.369. The molecule has 3 aromatic rings. The summed E-state index contributed by atoms with van der Waals surface area (Å²) in [6, 6.07) is 30.7. The van der Waals surface area contributed by atoms with Crippen LogP contribution in [0.15, 0.2) is 91.0 Å². The van der Waals surface area contributed by atoms with Crippen LogP contribution in [0.1, 0.15) is 30.5 Å². The zero-order chi connectivity index (χ0) is 27.5. The fourth-order valence-electron chi connectivity index (χ4n) is 6.36. The zero-order valence-electron chi connectivity index (χ0n) is 23.4. The summed E-state index contributed by atoms with van der Waals surface area (Å²) in [6.45, 7) is 5.93. The summed E-state index contributed by atoms with van der Waals surface area (Å²) in [5.74, 6) is -0.806. The van der Waals surface area contributed by atoms with E-state index in [1.54, 1.807) is 7.11 Å². The highest BCUT2D eigenvalue weighted by Gasteiger charge is 2.61. The van der Waals surface area contributed by atoms with Crippen LogP contribution in [-0.4, -0.2) is 61.1 Å². The van der Waals surface area contributed by atoms with E-state index < -0.39 is 11.9 Å². The molecule has 0 spiro atoms. The standard InChI is InChI=1S/C33H39NO6/c1-33(2)39-31-28(36-20-24-15-9-5-10-16-24)26-22-38-34(19-23-13-7-4-8-14-23)27(26)29(35-3)30(32(31)40-33)37-21-25-17-11-6-12-18-25/h4-18,26-32H,19-22H2,1-3H3/t26?,27?,28-,29-,30-,31-,32+/m1/s1. The topological polar surface area (TPSA) is 58.6 Å². The van der Waals surface area contributed by atoms with E-state index in [9.17, 15) is 0 Å². The summed E-state index contributed by atoms with van der Waals surface area (Å²) in [5, 5.41) is 2.05. The van der Waals surface area contributed by atoms with Crippen LogP contribution in [0.3, 0.4) is 0 Å². The lowest BCUT2D eigenvalue weighted by Gasteiger charge is -2.36. The molecule has 212 valence electrons. The second kappa shape index (κ2) is 12.1. The monoisotopic (exact) mass is 545 g/mol. The highest BCUT2D eigenvalue weighted by molar-refractivity contribution is 5.17. The number of hydrogen-bond donors (Lipinski definition) is 0. The summed E-state index contributed by atoms with van der Waals surface area (Å²) in [4.78, 5) is 6.41. The minimum Gasteiger partial charge on any atom is -0.377 e. The van der Waals surface area contributed by atoms with E-state index in [1.165, 1.54) is 5.56 Å². The predicted octanol–water partition coefficient (Wildman–Crippen LogP) is 5.14. The Morgan fingerprint density at radius 3 is 1.75 bits per heavy atom. The van der Waals surface area contributed by atoms with Gasteiger partial charge in [-0.15, -0.1) is 0 Å². The molecule has 7 nitrogen and oxygen atoms in total. The van der Waals surface area contributed by atoms with Gasteiger partial charge in [0.25, 0.3) is 0 Å². The molecule has 2 heterocycles. The van der Waals surface area contributed by atoms with Crippen molar-refractivity contribution in [1.29, 1.82) is 0 Å². The molecule has 2 saturated heterocycles. The van der Waals surface area contributed by atoms with Gasteiger partial charge in [0.1, 0.15) is 24.4 Å². The first-order chi connectivity index (χ1) is 19.5. The van der Waals surface area contributed by atoms with Gasteiger partial charge in [0.05, 0.1) is 32.0 Å². The fraction of sp³-hybridized carbons (Fsp3) is 0.455. The average Bonchev–Trinajstić information content (AvgIpc) is 3.50. The third kappa shape index (κ3) is 5.87. The molecular formula is C33H39NO6. The largest absolute Gasteiger partial charge is 0.377 e. The lowest BCUT2D eigenvalue weighted by molar-refractivity contribution is -0.208. The highest BCUT2D eigenvalue weighted by Crippen LogP contribution is 2.45. The van der Waals surface area contributed by atoms with Crippen molar-refractivity contribution < 1.29 is 28.5 Å². The number of hydroxylamine groups is 2. The third-order valence-corrected chi connectivity index (χ3v) is 8.12. The molecule has 0 aromatic heterocycles.